The molecule has 0 heterocycles. The summed E-state index contributed by atoms with van der Waals surface area (Å²) in [6.45, 7) is 3.17. The van der Waals surface area contributed by atoms with E-state index in [-0.39, 0.29) is 5.82 Å². The number of nitrogens with one attached hydrogen (secondary N) is 1. The Kier molecular flexibility index (Phi) is 6.98. The highest BCUT2D eigenvalue weighted by Crippen LogP contribution is 2.28. The van der Waals surface area contributed by atoms with Crippen molar-refractivity contribution in [2.75, 3.05) is 6.54 Å². The molecule has 0 aliphatic heterocycles. The highest BCUT2D eigenvalue weighted by atomic mass is 35.5. The number of hydrogen-bond acceptors (Lipinski definition) is 1. The Balaban J connectivity index is 1.98. The van der Waals surface area contributed by atoms with Gasteiger partial charge in [-0.2, -0.15) is 0 Å². The third-order valence-electron chi connectivity index (χ3n) is 4.50. The molecule has 1 aromatic carbocycles. The van der Waals surface area contributed by atoms with Gasteiger partial charge in [0, 0.05) is 11.1 Å². The fourth-order valence-electron chi connectivity index (χ4n) is 3.38. The molecule has 0 bridgehead atoms. The van der Waals surface area contributed by atoms with Crippen molar-refractivity contribution in [3.8, 4) is 0 Å². The fourth-order valence-corrected chi connectivity index (χ4v) is 3.57. The van der Waals surface area contributed by atoms with E-state index >= 15 is 0 Å². The van der Waals surface area contributed by atoms with Crippen LogP contribution >= 0.6 is 11.6 Å². The molecule has 1 unspecified atom stereocenters. The summed E-state index contributed by atoms with van der Waals surface area (Å²) in [6, 6.07) is 5.24. The SMILES string of the molecule is CCCNC(Cc1cc(Cl)ccc1F)CC1CCCCC1. The first-order chi connectivity index (χ1) is 10.2. The smallest absolute Gasteiger partial charge is 0.126 e. The van der Waals surface area contributed by atoms with Gasteiger partial charge in [0.05, 0.1) is 0 Å². The first-order valence-electron chi connectivity index (χ1n) is 8.36. The second kappa shape index (κ2) is 8.75. The molecule has 1 saturated carbocycles. The summed E-state index contributed by atoms with van der Waals surface area (Å²) in [4.78, 5) is 0. The van der Waals surface area contributed by atoms with E-state index in [4.69, 9.17) is 11.6 Å². The number of benzene rings is 1. The minimum Gasteiger partial charge on any atom is -0.314 e. The normalized spacial score (nSPS) is 17.9. The Morgan fingerprint density at radius 2 is 2.05 bits per heavy atom. The largest absolute Gasteiger partial charge is 0.314 e. The van der Waals surface area contributed by atoms with Crippen molar-refractivity contribution in [2.24, 2.45) is 5.92 Å². The van der Waals surface area contributed by atoms with Crippen LogP contribution in [0.3, 0.4) is 0 Å². The van der Waals surface area contributed by atoms with Crippen LogP contribution < -0.4 is 5.32 Å². The topological polar surface area (TPSA) is 12.0 Å². The van der Waals surface area contributed by atoms with Crippen LogP contribution in [0.1, 0.15) is 57.4 Å². The molecule has 118 valence electrons. The maximum absolute atomic E-state index is 13.9. The van der Waals surface area contributed by atoms with Gasteiger partial charge in [0.15, 0.2) is 0 Å². The first kappa shape index (κ1) is 16.8. The summed E-state index contributed by atoms with van der Waals surface area (Å²) in [5.74, 6) is 0.668. The minimum absolute atomic E-state index is 0.133. The van der Waals surface area contributed by atoms with E-state index in [2.05, 4.69) is 12.2 Å². The van der Waals surface area contributed by atoms with Crippen molar-refractivity contribution >= 4 is 11.6 Å². The van der Waals surface area contributed by atoms with Crippen LogP contribution in [0.15, 0.2) is 18.2 Å². The average Bonchev–Trinajstić information content (AvgIpc) is 2.49. The van der Waals surface area contributed by atoms with Crippen LogP contribution in [-0.2, 0) is 6.42 Å². The van der Waals surface area contributed by atoms with Crippen molar-refractivity contribution in [2.45, 2.75) is 64.3 Å². The molecule has 2 rings (SSSR count). The summed E-state index contributed by atoms with van der Waals surface area (Å²) in [5, 5.41) is 4.23. The molecular weight excluding hydrogens is 285 g/mol. The van der Waals surface area contributed by atoms with E-state index in [1.165, 1.54) is 38.2 Å². The molecular formula is C18H27ClFN. The number of rotatable bonds is 7. The lowest BCUT2D eigenvalue weighted by molar-refractivity contribution is 0.296. The summed E-state index contributed by atoms with van der Waals surface area (Å²) >= 11 is 6.01. The third-order valence-corrected chi connectivity index (χ3v) is 4.73. The Bertz CT molecular complexity index is 429. The predicted octanol–water partition coefficient (Wildman–Crippen LogP) is 5.36. The Morgan fingerprint density at radius 3 is 2.76 bits per heavy atom. The van der Waals surface area contributed by atoms with E-state index in [9.17, 15) is 4.39 Å². The van der Waals surface area contributed by atoms with Crippen molar-refractivity contribution in [3.05, 3.63) is 34.6 Å². The quantitative estimate of drug-likeness (QED) is 0.714. The summed E-state index contributed by atoms with van der Waals surface area (Å²) in [5.41, 5.74) is 0.743. The average molecular weight is 312 g/mol. The van der Waals surface area contributed by atoms with Crippen molar-refractivity contribution in [1.29, 1.82) is 0 Å². The molecule has 21 heavy (non-hydrogen) atoms. The van der Waals surface area contributed by atoms with E-state index in [1.54, 1.807) is 12.1 Å². The molecule has 1 fully saturated rings. The molecule has 1 aromatic rings. The lowest BCUT2D eigenvalue weighted by atomic mass is 9.83. The third kappa shape index (κ3) is 5.60. The van der Waals surface area contributed by atoms with Crippen LogP contribution in [-0.4, -0.2) is 12.6 Å². The highest BCUT2D eigenvalue weighted by molar-refractivity contribution is 6.30. The van der Waals surface area contributed by atoms with Gasteiger partial charge in [0.2, 0.25) is 0 Å². The molecule has 0 radical (unpaired) electrons. The number of halogens is 2. The second-order valence-corrected chi connectivity index (χ2v) is 6.77. The Labute approximate surface area is 133 Å². The van der Waals surface area contributed by atoms with E-state index in [0.717, 1.165) is 37.3 Å². The zero-order valence-corrected chi connectivity index (χ0v) is 13.8. The van der Waals surface area contributed by atoms with Crippen molar-refractivity contribution in [1.82, 2.24) is 5.32 Å². The van der Waals surface area contributed by atoms with E-state index < -0.39 is 0 Å². The van der Waals surface area contributed by atoms with Gasteiger partial charge in [-0.05, 0) is 55.5 Å². The van der Waals surface area contributed by atoms with Gasteiger partial charge in [-0.3, -0.25) is 0 Å². The van der Waals surface area contributed by atoms with Gasteiger partial charge in [-0.1, -0.05) is 50.6 Å². The Morgan fingerprint density at radius 1 is 1.29 bits per heavy atom. The van der Waals surface area contributed by atoms with Crippen LogP contribution in [0, 0.1) is 11.7 Å². The van der Waals surface area contributed by atoms with Crippen LogP contribution in [0.5, 0.6) is 0 Å². The zero-order chi connectivity index (χ0) is 15.1. The highest BCUT2D eigenvalue weighted by Gasteiger charge is 2.20. The molecule has 0 saturated heterocycles. The minimum atomic E-state index is -0.133. The predicted molar refractivity (Wildman–Crippen MR) is 88.4 cm³/mol. The molecule has 1 aliphatic carbocycles. The second-order valence-electron chi connectivity index (χ2n) is 6.33. The molecule has 3 heteroatoms. The molecule has 0 spiro atoms. The van der Waals surface area contributed by atoms with Gasteiger partial charge in [0.25, 0.3) is 0 Å². The van der Waals surface area contributed by atoms with Crippen LogP contribution in [0.25, 0.3) is 0 Å². The summed E-state index contributed by atoms with van der Waals surface area (Å²) < 4.78 is 13.9. The summed E-state index contributed by atoms with van der Waals surface area (Å²) in [6.07, 6.45) is 9.78. The van der Waals surface area contributed by atoms with Gasteiger partial charge in [-0.15, -0.1) is 0 Å². The fraction of sp³-hybridized carbons (Fsp3) is 0.667. The lowest BCUT2D eigenvalue weighted by Crippen LogP contribution is -2.34. The van der Waals surface area contributed by atoms with Crippen LogP contribution in [0.2, 0.25) is 5.02 Å². The van der Waals surface area contributed by atoms with Gasteiger partial charge >= 0.3 is 0 Å². The van der Waals surface area contributed by atoms with E-state index in [1.807, 2.05) is 0 Å². The first-order valence-corrected chi connectivity index (χ1v) is 8.74. The maximum Gasteiger partial charge on any atom is 0.126 e. The molecule has 0 aromatic heterocycles. The Hall–Kier alpha value is -0.600. The zero-order valence-electron chi connectivity index (χ0n) is 13.0. The lowest BCUT2D eigenvalue weighted by Gasteiger charge is -2.27. The molecule has 0 amide bonds. The molecule has 1 atom stereocenters. The van der Waals surface area contributed by atoms with Crippen LogP contribution in [0.4, 0.5) is 4.39 Å². The number of hydrogen-bond donors (Lipinski definition) is 1. The van der Waals surface area contributed by atoms with Gasteiger partial charge in [-0.25, -0.2) is 4.39 Å². The molecule has 1 nitrogen and oxygen atoms in total. The monoisotopic (exact) mass is 311 g/mol. The maximum atomic E-state index is 13.9. The van der Waals surface area contributed by atoms with Gasteiger partial charge in [0.1, 0.15) is 5.82 Å². The molecule has 1 N–H and O–H groups in total. The van der Waals surface area contributed by atoms with Crippen molar-refractivity contribution in [3.63, 3.8) is 0 Å². The summed E-state index contributed by atoms with van der Waals surface area (Å²) in [7, 11) is 0. The van der Waals surface area contributed by atoms with Gasteiger partial charge < -0.3 is 5.32 Å². The standard InChI is InChI=1S/C18H27ClFN/c1-2-10-21-17(11-14-6-4-3-5-7-14)13-15-12-16(19)8-9-18(15)20/h8-9,12,14,17,21H,2-7,10-11,13H2,1H3. The van der Waals surface area contributed by atoms with Crippen molar-refractivity contribution < 1.29 is 4.39 Å². The molecule has 1 aliphatic rings. The van der Waals surface area contributed by atoms with E-state index in [0.29, 0.717) is 11.1 Å².